The number of aryl methyl sites for hydroxylation is 2. The second-order valence-corrected chi connectivity index (χ2v) is 5.81. The predicted molar refractivity (Wildman–Crippen MR) is 82.1 cm³/mol. The van der Waals surface area contributed by atoms with Crippen LogP contribution in [0.15, 0.2) is 24.8 Å². The third-order valence-corrected chi connectivity index (χ3v) is 4.02. The van der Waals surface area contributed by atoms with E-state index in [9.17, 15) is 0 Å². The maximum absolute atomic E-state index is 4.39. The van der Waals surface area contributed by atoms with Crippen molar-refractivity contribution in [3.05, 3.63) is 36.0 Å². The van der Waals surface area contributed by atoms with Crippen molar-refractivity contribution in [3.8, 4) is 0 Å². The summed E-state index contributed by atoms with van der Waals surface area (Å²) in [6, 6.07) is 2.55. The van der Waals surface area contributed by atoms with Gasteiger partial charge in [-0.2, -0.15) is 5.10 Å². The van der Waals surface area contributed by atoms with Gasteiger partial charge in [0.15, 0.2) is 0 Å². The molecule has 0 amide bonds. The number of aromatic nitrogens is 4. The molecule has 3 heterocycles. The summed E-state index contributed by atoms with van der Waals surface area (Å²) >= 11 is 0. The van der Waals surface area contributed by atoms with Crippen molar-refractivity contribution in [1.82, 2.24) is 24.6 Å². The van der Waals surface area contributed by atoms with E-state index in [-0.39, 0.29) is 0 Å². The Kier molecular flexibility index (Phi) is 3.88. The Bertz CT molecular complexity index is 608. The summed E-state index contributed by atoms with van der Waals surface area (Å²) in [4.78, 5) is 13.4. The summed E-state index contributed by atoms with van der Waals surface area (Å²) < 4.78 is 1.86. The van der Waals surface area contributed by atoms with Crippen LogP contribution in [0.3, 0.4) is 0 Å². The second-order valence-electron chi connectivity index (χ2n) is 5.81. The molecule has 0 aromatic carbocycles. The molecule has 0 saturated carbocycles. The van der Waals surface area contributed by atoms with Gasteiger partial charge >= 0.3 is 0 Å². The zero-order valence-corrected chi connectivity index (χ0v) is 12.9. The van der Waals surface area contributed by atoms with Crippen LogP contribution >= 0.6 is 0 Å². The number of nitrogens with zero attached hydrogens (tertiary/aromatic N) is 6. The standard InChI is InChI=1S/C15H22N6/c1-12-6-15(17-11-16-12)21-5-4-20(13(2)8-21)10-14-7-18-19(3)9-14/h6-7,9,11,13H,4-5,8,10H2,1-3H3. The lowest BCUT2D eigenvalue weighted by Gasteiger charge is -2.40. The smallest absolute Gasteiger partial charge is 0.132 e. The van der Waals surface area contributed by atoms with E-state index in [1.165, 1.54) is 5.56 Å². The number of hydrogen-bond donors (Lipinski definition) is 0. The minimum absolute atomic E-state index is 0.495. The Morgan fingerprint density at radius 1 is 1.29 bits per heavy atom. The van der Waals surface area contributed by atoms with Crippen LogP contribution in [-0.2, 0) is 13.6 Å². The van der Waals surface area contributed by atoms with Crippen LogP contribution in [0, 0.1) is 6.92 Å². The van der Waals surface area contributed by atoms with E-state index in [1.54, 1.807) is 6.33 Å². The fourth-order valence-electron chi connectivity index (χ4n) is 2.84. The molecule has 3 rings (SSSR count). The highest BCUT2D eigenvalue weighted by Gasteiger charge is 2.24. The average molecular weight is 286 g/mol. The number of anilines is 1. The van der Waals surface area contributed by atoms with Crippen molar-refractivity contribution in [1.29, 1.82) is 0 Å². The summed E-state index contributed by atoms with van der Waals surface area (Å²) in [5.41, 5.74) is 2.29. The second kappa shape index (κ2) is 5.81. The minimum atomic E-state index is 0.495. The van der Waals surface area contributed by atoms with Crippen molar-refractivity contribution in [3.63, 3.8) is 0 Å². The third kappa shape index (κ3) is 3.21. The summed E-state index contributed by atoms with van der Waals surface area (Å²) in [5.74, 6) is 1.04. The van der Waals surface area contributed by atoms with Crippen molar-refractivity contribution in [2.75, 3.05) is 24.5 Å². The zero-order valence-electron chi connectivity index (χ0n) is 12.9. The van der Waals surface area contributed by atoms with Crippen LogP contribution in [0.25, 0.3) is 0 Å². The van der Waals surface area contributed by atoms with E-state index >= 15 is 0 Å². The van der Waals surface area contributed by atoms with E-state index in [4.69, 9.17) is 0 Å². The molecule has 1 aliphatic rings. The number of hydrogen-bond acceptors (Lipinski definition) is 5. The van der Waals surface area contributed by atoms with Crippen LogP contribution < -0.4 is 4.90 Å². The fourth-order valence-corrected chi connectivity index (χ4v) is 2.84. The number of piperazine rings is 1. The van der Waals surface area contributed by atoms with Gasteiger partial charge in [-0.25, -0.2) is 9.97 Å². The van der Waals surface area contributed by atoms with Crippen LogP contribution in [0.1, 0.15) is 18.2 Å². The van der Waals surface area contributed by atoms with Gasteiger partial charge in [-0.3, -0.25) is 9.58 Å². The van der Waals surface area contributed by atoms with E-state index in [1.807, 2.05) is 24.9 Å². The first-order valence-corrected chi connectivity index (χ1v) is 7.37. The molecule has 1 atom stereocenters. The van der Waals surface area contributed by atoms with Crippen molar-refractivity contribution in [2.45, 2.75) is 26.4 Å². The van der Waals surface area contributed by atoms with Gasteiger partial charge in [-0.1, -0.05) is 0 Å². The van der Waals surface area contributed by atoms with Gasteiger partial charge in [-0.15, -0.1) is 0 Å². The lowest BCUT2D eigenvalue weighted by atomic mass is 10.1. The van der Waals surface area contributed by atoms with Gasteiger partial charge in [0, 0.05) is 62.8 Å². The lowest BCUT2D eigenvalue weighted by molar-refractivity contribution is 0.180. The van der Waals surface area contributed by atoms with Gasteiger partial charge in [0.05, 0.1) is 6.20 Å². The monoisotopic (exact) mass is 286 g/mol. The molecule has 1 fully saturated rings. The first kappa shape index (κ1) is 14.0. The summed E-state index contributed by atoms with van der Waals surface area (Å²) in [6.07, 6.45) is 5.69. The van der Waals surface area contributed by atoms with Gasteiger partial charge in [0.2, 0.25) is 0 Å². The van der Waals surface area contributed by atoms with Crippen LogP contribution in [0.4, 0.5) is 5.82 Å². The summed E-state index contributed by atoms with van der Waals surface area (Å²) in [5, 5.41) is 4.24. The molecule has 112 valence electrons. The highest BCUT2D eigenvalue weighted by atomic mass is 15.3. The van der Waals surface area contributed by atoms with Gasteiger partial charge in [0.25, 0.3) is 0 Å². The molecule has 6 heteroatoms. The first-order valence-electron chi connectivity index (χ1n) is 7.37. The van der Waals surface area contributed by atoms with Crippen LogP contribution in [-0.4, -0.2) is 50.3 Å². The topological polar surface area (TPSA) is 50.1 Å². The van der Waals surface area contributed by atoms with E-state index in [2.05, 4.69) is 44.1 Å². The average Bonchev–Trinajstić information content (AvgIpc) is 2.86. The van der Waals surface area contributed by atoms with Crippen molar-refractivity contribution >= 4 is 5.82 Å². The summed E-state index contributed by atoms with van der Waals surface area (Å²) in [6.45, 7) is 8.28. The molecule has 21 heavy (non-hydrogen) atoms. The number of rotatable bonds is 3. The maximum atomic E-state index is 4.39. The highest BCUT2D eigenvalue weighted by molar-refractivity contribution is 5.39. The SMILES string of the molecule is Cc1cc(N2CCN(Cc3cnn(C)c3)C(C)C2)ncn1. The predicted octanol–water partition coefficient (Wildman–Crippen LogP) is 1.23. The lowest BCUT2D eigenvalue weighted by Crippen LogP contribution is -2.51. The van der Waals surface area contributed by atoms with E-state index in [0.717, 1.165) is 37.7 Å². The molecular weight excluding hydrogens is 264 g/mol. The fraction of sp³-hybridized carbons (Fsp3) is 0.533. The highest BCUT2D eigenvalue weighted by Crippen LogP contribution is 2.18. The van der Waals surface area contributed by atoms with Crippen LogP contribution in [0.2, 0.25) is 0 Å². The van der Waals surface area contributed by atoms with Gasteiger partial charge < -0.3 is 4.90 Å². The van der Waals surface area contributed by atoms with Crippen molar-refractivity contribution < 1.29 is 0 Å². The molecule has 0 N–H and O–H groups in total. The minimum Gasteiger partial charge on any atom is -0.354 e. The van der Waals surface area contributed by atoms with Gasteiger partial charge in [0.1, 0.15) is 12.1 Å². The van der Waals surface area contributed by atoms with Crippen molar-refractivity contribution in [2.24, 2.45) is 7.05 Å². The molecule has 2 aromatic heterocycles. The van der Waals surface area contributed by atoms with Crippen LogP contribution in [0.5, 0.6) is 0 Å². The molecule has 0 radical (unpaired) electrons. The normalized spacial score (nSPS) is 20.0. The molecule has 0 bridgehead atoms. The molecule has 0 spiro atoms. The molecule has 6 nitrogen and oxygen atoms in total. The molecule has 1 unspecified atom stereocenters. The molecule has 1 saturated heterocycles. The Labute approximate surface area is 125 Å². The molecule has 2 aromatic rings. The summed E-state index contributed by atoms with van der Waals surface area (Å²) in [7, 11) is 1.96. The molecular formula is C15H22N6. The van der Waals surface area contributed by atoms with E-state index < -0.39 is 0 Å². The molecule has 1 aliphatic heterocycles. The Morgan fingerprint density at radius 3 is 2.81 bits per heavy atom. The Balaban J connectivity index is 1.64. The maximum Gasteiger partial charge on any atom is 0.132 e. The quantitative estimate of drug-likeness (QED) is 0.849. The zero-order chi connectivity index (χ0) is 14.8. The third-order valence-electron chi connectivity index (χ3n) is 4.02. The Morgan fingerprint density at radius 2 is 2.14 bits per heavy atom. The first-order chi connectivity index (χ1) is 10.1. The molecule has 0 aliphatic carbocycles. The van der Waals surface area contributed by atoms with Gasteiger partial charge in [-0.05, 0) is 13.8 Å². The Hall–Kier alpha value is -1.95. The largest absolute Gasteiger partial charge is 0.354 e. The van der Waals surface area contributed by atoms with E-state index in [0.29, 0.717) is 6.04 Å².